The van der Waals surface area contributed by atoms with E-state index < -0.39 is 0 Å². The summed E-state index contributed by atoms with van der Waals surface area (Å²) in [6.45, 7) is 1.24. The second kappa shape index (κ2) is 6.27. The van der Waals surface area contributed by atoms with Gasteiger partial charge in [0.1, 0.15) is 17.7 Å². The van der Waals surface area contributed by atoms with Crippen molar-refractivity contribution in [1.82, 2.24) is 29.1 Å². The number of imidazole rings is 2. The maximum absolute atomic E-state index is 13.9. The molecule has 0 atom stereocenters. The quantitative estimate of drug-likeness (QED) is 0.710. The fourth-order valence-corrected chi connectivity index (χ4v) is 3.61. The molecular weight excluding hydrogens is 351 g/mol. The van der Waals surface area contributed by atoms with Crippen molar-refractivity contribution in [1.29, 1.82) is 0 Å². The summed E-state index contributed by atoms with van der Waals surface area (Å²) < 4.78 is 22.6. The fourth-order valence-electron chi connectivity index (χ4n) is 3.61. The molecule has 0 radical (unpaired) electrons. The van der Waals surface area contributed by atoms with Gasteiger partial charge in [-0.1, -0.05) is 6.08 Å². The third kappa shape index (κ3) is 2.71. The number of H-pyrrole nitrogens is 1. The van der Waals surface area contributed by atoms with E-state index in [1.165, 1.54) is 12.2 Å². The van der Waals surface area contributed by atoms with Gasteiger partial charge in [0.25, 0.3) is 0 Å². The molecule has 4 heterocycles. The van der Waals surface area contributed by atoms with E-state index in [2.05, 4.69) is 19.9 Å². The largest absolute Gasteiger partial charge is 0.381 e. The SMILES string of the molecule is O=c1[nH]c2cnc(-n3cnc4c3=CC(F)=CCC=4)nc2n1C1CCOCC1. The predicted octanol–water partition coefficient (Wildman–Crippen LogP) is 0.475. The normalized spacial score (nSPS) is 17.7. The zero-order valence-electron chi connectivity index (χ0n) is 14.4. The molecule has 0 aromatic carbocycles. The van der Waals surface area contributed by atoms with Crippen molar-refractivity contribution in [2.24, 2.45) is 0 Å². The molecule has 138 valence electrons. The van der Waals surface area contributed by atoms with Gasteiger partial charge >= 0.3 is 5.69 Å². The number of hydrogen-bond donors (Lipinski definition) is 1. The first-order valence-corrected chi connectivity index (χ1v) is 8.87. The Kier molecular flexibility index (Phi) is 3.75. The molecule has 1 N–H and O–H groups in total. The minimum Gasteiger partial charge on any atom is -0.381 e. The van der Waals surface area contributed by atoms with Crippen LogP contribution in [-0.4, -0.2) is 42.3 Å². The minimum absolute atomic E-state index is 0.0305. The summed E-state index contributed by atoms with van der Waals surface area (Å²) in [5.74, 6) is 0.0176. The lowest BCUT2D eigenvalue weighted by molar-refractivity contribution is 0.0697. The maximum atomic E-state index is 13.9. The molecule has 3 aromatic rings. The number of nitrogens with zero attached hydrogens (tertiary/aromatic N) is 5. The smallest absolute Gasteiger partial charge is 0.327 e. The number of allylic oxidation sites excluding steroid dienone is 2. The summed E-state index contributed by atoms with van der Waals surface area (Å²) in [5, 5.41) is 1.26. The van der Waals surface area contributed by atoms with Crippen LogP contribution in [0.3, 0.4) is 0 Å². The number of aromatic nitrogens is 6. The van der Waals surface area contributed by atoms with Gasteiger partial charge in [0.05, 0.1) is 16.9 Å². The van der Waals surface area contributed by atoms with Crippen molar-refractivity contribution in [3.05, 3.63) is 45.6 Å². The molecule has 3 aromatic heterocycles. The van der Waals surface area contributed by atoms with E-state index in [0.717, 1.165) is 12.8 Å². The summed E-state index contributed by atoms with van der Waals surface area (Å²) >= 11 is 0. The lowest BCUT2D eigenvalue weighted by Crippen LogP contribution is -2.30. The number of ether oxygens (including phenoxy) is 1. The summed E-state index contributed by atoms with van der Waals surface area (Å²) in [7, 11) is 0. The second-order valence-electron chi connectivity index (χ2n) is 6.61. The molecule has 1 aliphatic heterocycles. The molecule has 0 bridgehead atoms. The van der Waals surface area contributed by atoms with E-state index in [-0.39, 0.29) is 17.6 Å². The van der Waals surface area contributed by atoms with Crippen molar-refractivity contribution in [3.8, 4) is 5.95 Å². The lowest BCUT2D eigenvalue weighted by Gasteiger charge is -2.22. The predicted molar refractivity (Wildman–Crippen MR) is 96.3 cm³/mol. The highest BCUT2D eigenvalue weighted by Gasteiger charge is 2.22. The van der Waals surface area contributed by atoms with Crippen LogP contribution in [0.1, 0.15) is 25.3 Å². The van der Waals surface area contributed by atoms with Gasteiger partial charge in [-0.3, -0.25) is 9.13 Å². The highest BCUT2D eigenvalue weighted by molar-refractivity contribution is 5.70. The van der Waals surface area contributed by atoms with E-state index in [0.29, 0.717) is 47.4 Å². The van der Waals surface area contributed by atoms with Crippen LogP contribution in [0.5, 0.6) is 0 Å². The third-order valence-electron chi connectivity index (χ3n) is 4.95. The van der Waals surface area contributed by atoms with Gasteiger partial charge < -0.3 is 9.72 Å². The number of halogens is 1. The van der Waals surface area contributed by atoms with E-state index in [1.807, 2.05) is 6.08 Å². The monoisotopic (exact) mass is 368 g/mol. The van der Waals surface area contributed by atoms with Crippen LogP contribution < -0.4 is 16.4 Å². The van der Waals surface area contributed by atoms with Crippen molar-refractivity contribution in [3.63, 3.8) is 0 Å². The summed E-state index contributed by atoms with van der Waals surface area (Å²) in [5.41, 5.74) is 0.901. The van der Waals surface area contributed by atoms with Crippen LogP contribution in [0.2, 0.25) is 0 Å². The first kappa shape index (κ1) is 16.1. The van der Waals surface area contributed by atoms with Crippen molar-refractivity contribution >= 4 is 23.3 Å². The van der Waals surface area contributed by atoms with Gasteiger partial charge in [-0.15, -0.1) is 0 Å². The van der Waals surface area contributed by atoms with Crippen LogP contribution >= 0.6 is 0 Å². The molecule has 8 nitrogen and oxygen atoms in total. The standard InChI is InChI=1S/C18H17FN6O2/c19-11-2-1-3-13-15(8-11)24(10-21-13)17-20-9-14-16(23-17)25(18(26)22-14)12-4-6-27-7-5-12/h2-3,8-10,12H,1,4-7H2,(H,22,26). The van der Waals surface area contributed by atoms with Gasteiger partial charge in [-0.2, -0.15) is 4.98 Å². The topological polar surface area (TPSA) is 90.6 Å². The Morgan fingerprint density at radius 1 is 1.22 bits per heavy atom. The zero-order valence-corrected chi connectivity index (χ0v) is 14.4. The molecular formula is C18H17FN6O2. The molecule has 1 aliphatic carbocycles. The first-order chi connectivity index (χ1) is 13.2. The fraction of sp³-hybridized carbons (Fsp3) is 0.333. The third-order valence-corrected chi connectivity index (χ3v) is 4.95. The number of hydrogen-bond acceptors (Lipinski definition) is 5. The summed E-state index contributed by atoms with van der Waals surface area (Å²) in [6.07, 6.45) is 9.90. The lowest BCUT2D eigenvalue weighted by atomic mass is 10.1. The Bertz CT molecular complexity index is 1230. The molecule has 1 fully saturated rings. The highest BCUT2D eigenvalue weighted by Crippen LogP contribution is 2.22. The van der Waals surface area contributed by atoms with Crippen LogP contribution in [0, 0.1) is 0 Å². The van der Waals surface area contributed by atoms with Gasteiger partial charge in [0, 0.05) is 19.3 Å². The molecule has 0 unspecified atom stereocenters. The Labute approximate surface area is 152 Å². The molecule has 0 saturated carbocycles. The van der Waals surface area contributed by atoms with E-state index in [9.17, 15) is 9.18 Å². The average Bonchev–Trinajstić information content (AvgIpc) is 3.16. The van der Waals surface area contributed by atoms with Crippen LogP contribution in [0.25, 0.3) is 29.3 Å². The van der Waals surface area contributed by atoms with Gasteiger partial charge in [0.2, 0.25) is 5.95 Å². The molecule has 9 heteroatoms. The van der Waals surface area contributed by atoms with Gasteiger partial charge in [-0.25, -0.2) is 19.2 Å². The molecule has 1 saturated heterocycles. The number of aromatic amines is 1. The van der Waals surface area contributed by atoms with E-state index in [4.69, 9.17) is 4.74 Å². The Morgan fingerprint density at radius 3 is 2.93 bits per heavy atom. The van der Waals surface area contributed by atoms with Crippen LogP contribution in [0.4, 0.5) is 4.39 Å². The van der Waals surface area contributed by atoms with Gasteiger partial charge in [0.15, 0.2) is 5.65 Å². The van der Waals surface area contributed by atoms with E-state index >= 15 is 0 Å². The van der Waals surface area contributed by atoms with Crippen LogP contribution in [0.15, 0.2) is 29.2 Å². The molecule has 0 spiro atoms. The second-order valence-corrected chi connectivity index (χ2v) is 6.61. The average molecular weight is 368 g/mol. The van der Waals surface area contributed by atoms with Crippen molar-refractivity contribution in [2.45, 2.75) is 25.3 Å². The minimum atomic E-state index is -0.325. The first-order valence-electron chi connectivity index (χ1n) is 8.87. The Hall–Kier alpha value is -3.07. The summed E-state index contributed by atoms with van der Waals surface area (Å²) in [4.78, 5) is 28.6. The Morgan fingerprint density at radius 2 is 2.07 bits per heavy atom. The maximum Gasteiger partial charge on any atom is 0.327 e. The Balaban J connectivity index is 1.70. The number of rotatable bonds is 2. The highest BCUT2D eigenvalue weighted by atomic mass is 19.1. The number of nitrogens with one attached hydrogen (secondary N) is 1. The van der Waals surface area contributed by atoms with E-state index in [1.54, 1.807) is 21.7 Å². The van der Waals surface area contributed by atoms with Crippen molar-refractivity contribution < 1.29 is 9.13 Å². The number of fused-ring (bicyclic) bond motifs is 2. The van der Waals surface area contributed by atoms with Crippen molar-refractivity contribution in [2.75, 3.05) is 13.2 Å². The summed E-state index contributed by atoms with van der Waals surface area (Å²) in [6, 6.07) is 0.0305. The van der Waals surface area contributed by atoms with Gasteiger partial charge in [-0.05, 0) is 31.4 Å². The molecule has 27 heavy (non-hydrogen) atoms. The molecule has 2 aliphatic rings. The molecule has 0 amide bonds. The molecule has 5 rings (SSSR count). The zero-order chi connectivity index (χ0) is 18.4. The van der Waals surface area contributed by atoms with Crippen LogP contribution in [-0.2, 0) is 4.74 Å².